The second kappa shape index (κ2) is 6.65. The van der Waals surface area contributed by atoms with E-state index in [0.29, 0.717) is 36.9 Å². The third kappa shape index (κ3) is 3.52. The maximum Gasteiger partial charge on any atom is 0.341 e. The highest BCUT2D eigenvalue weighted by atomic mass is 32.1. The Morgan fingerprint density at radius 2 is 2.47 bits per heavy atom. The fourth-order valence-electron chi connectivity index (χ4n) is 1.71. The molecule has 1 aromatic heterocycles. The molecule has 0 bridgehead atoms. The van der Waals surface area contributed by atoms with Gasteiger partial charge < -0.3 is 20.1 Å². The summed E-state index contributed by atoms with van der Waals surface area (Å²) in [5, 5.41) is 8.05. The van der Waals surface area contributed by atoms with Gasteiger partial charge in [0.25, 0.3) is 0 Å². The van der Waals surface area contributed by atoms with Gasteiger partial charge in [-0.25, -0.2) is 4.79 Å². The van der Waals surface area contributed by atoms with Crippen LogP contribution in [0.5, 0.6) is 0 Å². The van der Waals surface area contributed by atoms with Crippen molar-refractivity contribution in [1.29, 1.82) is 0 Å². The minimum atomic E-state index is -0.424. The maximum atomic E-state index is 12.0. The minimum Gasteiger partial charge on any atom is -0.462 e. The Balaban J connectivity index is 2.00. The lowest BCUT2D eigenvalue weighted by molar-refractivity contribution is -0.120. The van der Waals surface area contributed by atoms with E-state index in [2.05, 4.69) is 10.6 Å². The summed E-state index contributed by atoms with van der Waals surface area (Å²) in [6.07, 6.45) is 0. The van der Waals surface area contributed by atoms with Gasteiger partial charge in [-0.1, -0.05) is 0 Å². The molecule has 1 aliphatic rings. The highest BCUT2D eigenvalue weighted by molar-refractivity contribution is 7.14. The second-order valence-corrected chi connectivity index (χ2v) is 4.87. The Labute approximate surface area is 115 Å². The predicted molar refractivity (Wildman–Crippen MR) is 71.5 cm³/mol. The van der Waals surface area contributed by atoms with Crippen LogP contribution in [0.15, 0.2) is 11.4 Å². The summed E-state index contributed by atoms with van der Waals surface area (Å²) in [5.41, 5.74) is 0.386. The van der Waals surface area contributed by atoms with Gasteiger partial charge >= 0.3 is 5.97 Å². The van der Waals surface area contributed by atoms with E-state index in [1.165, 1.54) is 11.3 Å². The van der Waals surface area contributed by atoms with Crippen LogP contribution < -0.4 is 10.6 Å². The molecule has 0 saturated carbocycles. The smallest absolute Gasteiger partial charge is 0.341 e. The first-order valence-corrected chi connectivity index (χ1v) is 6.97. The number of carbonyl (C=O) groups excluding carboxylic acids is 2. The number of anilines is 1. The van der Waals surface area contributed by atoms with Crippen LogP contribution in [0.2, 0.25) is 0 Å². The highest BCUT2D eigenvalue weighted by Crippen LogP contribution is 2.24. The molecule has 19 heavy (non-hydrogen) atoms. The molecule has 0 spiro atoms. The monoisotopic (exact) mass is 284 g/mol. The van der Waals surface area contributed by atoms with Crippen LogP contribution in [-0.2, 0) is 14.3 Å². The molecule has 0 aromatic carbocycles. The summed E-state index contributed by atoms with van der Waals surface area (Å²) in [6.45, 7) is 3.64. The molecule has 1 atom stereocenters. The van der Waals surface area contributed by atoms with Crippen molar-refractivity contribution >= 4 is 28.2 Å². The van der Waals surface area contributed by atoms with Crippen LogP contribution in [0.3, 0.4) is 0 Å². The largest absolute Gasteiger partial charge is 0.462 e. The van der Waals surface area contributed by atoms with Crippen molar-refractivity contribution in [3.05, 3.63) is 17.0 Å². The lowest BCUT2D eigenvalue weighted by Gasteiger charge is -2.22. The lowest BCUT2D eigenvalue weighted by Crippen LogP contribution is -2.48. The quantitative estimate of drug-likeness (QED) is 0.802. The molecule has 0 radical (unpaired) electrons. The van der Waals surface area contributed by atoms with Crippen LogP contribution in [-0.4, -0.2) is 44.3 Å². The SMILES string of the molecule is CCOC(=O)c1ccsc1NC(=O)C1COCCN1. The molecule has 104 valence electrons. The number of esters is 1. The van der Waals surface area contributed by atoms with Crippen molar-refractivity contribution < 1.29 is 19.1 Å². The number of rotatable bonds is 4. The van der Waals surface area contributed by atoms with Gasteiger partial charge in [0.1, 0.15) is 11.0 Å². The van der Waals surface area contributed by atoms with Gasteiger partial charge in [0.05, 0.1) is 25.4 Å². The molecule has 1 aromatic rings. The summed E-state index contributed by atoms with van der Waals surface area (Å²) in [7, 11) is 0. The van der Waals surface area contributed by atoms with Crippen molar-refractivity contribution in [3.8, 4) is 0 Å². The Kier molecular flexibility index (Phi) is 4.89. The third-order valence-electron chi connectivity index (χ3n) is 2.64. The van der Waals surface area contributed by atoms with E-state index in [4.69, 9.17) is 9.47 Å². The molecular formula is C12H16N2O4S. The molecule has 1 aliphatic heterocycles. The number of hydrogen-bond acceptors (Lipinski definition) is 6. The number of hydrogen-bond donors (Lipinski definition) is 2. The first-order chi connectivity index (χ1) is 9.22. The topological polar surface area (TPSA) is 76.7 Å². The van der Waals surface area contributed by atoms with Gasteiger partial charge in [0.15, 0.2) is 0 Å². The summed E-state index contributed by atoms with van der Waals surface area (Å²) < 4.78 is 10.2. The fourth-order valence-corrected chi connectivity index (χ4v) is 2.49. The zero-order valence-electron chi connectivity index (χ0n) is 10.6. The predicted octanol–water partition coefficient (Wildman–Crippen LogP) is 0.852. The molecule has 7 heteroatoms. The molecule has 1 amide bonds. The third-order valence-corrected chi connectivity index (χ3v) is 3.47. The van der Waals surface area contributed by atoms with Gasteiger partial charge in [-0.3, -0.25) is 4.79 Å². The number of amides is 1. The van der Waals surface area contributed by atoms with Gasteiger partial charge in [-0.15, -0.1) is 11.3 Å². The van der Waals surface area contributed by atoms with E-state index in [-0.39, 0.29) is 11.9 Å². The summed E-state index contributed by atoms with van der Waals surface area (Å²) in [4.78, 5) is 23.7. The van der Waals surface area contributed by atoms with E-state index in [0.717, 1.165) is 0 Å². The van der Waals surface area contributed by atoms with Gasteiger partial charge in [0, 0.05) is 6.54 Å². The average Bonchev–Trinajstić information content (AvgIpc) is 2.88. The average molecular weight is 284 g/mol. The van der Waals surface area contributed by atoms with Gasteiger partial charge in [0.2, 0.25) is 5.91 Å². The Bertz CT molecular complexity index is 454. The highest BCUT2D eigenvalue weighted by Gasteiger charge is 2.23. The maximum absolute atomic E-state index is 12.0. The molecule has 0 aliphatic carbocycles. The number of morpholine rings is 1. The van der Waals surface area contributed by atoms with Crippen LogP contribution in [0.4, 0.5) is 5.00 Å². The summed E-state index contributed by atoms with van der Waals surface area (Å²) >= 11 is 1.29. The van der Waals surface area contributed by atoms with Crippen molar-refractivity contribution in [2.24, 2.45) is 0 Å². The van der Waals surface area contributed by atoms with E-state index in [1.807, 2.05) is 0 Å². The number of nitrogens with one attached hydrogen (secondary N) is 2. The van der Waals surface area contributed by atoms with E-state index in [1.54, 1.807) is 18.4 Å². The molecule has 6 nitrogen and oxygen atoms in total. The molecule has 1 fully saturated rings. The van der Waals surface area contributed by atoms with Crippen LogP contribution >= 0.6 is 11.3 Å². The number of thiophene rings is 1. The van der Waals surface area contributed by atoms with Gasteiger partial charge in [-0.05, 0) is 18.4 Å². The first-order valence-electron chi connectivity index (χ1n) is 6.09. The van der Waals surface area contributed by atoms with Crippen molar-refractivity contribution in [1.82, 2.24) is 5.32 Å². The van der Waals surface area contributed by atoms with E-state index < -0.39 is 5.97 Å². The number of carbonyl (C=O) groups is 2. The fraction of sp³-hybridized carbons (Fsp3) is 0.500. The molecule has 2 rings (SSSR count). The molecule has 2 heterocycles. The van der Waals surface area contributed by atoms with Crippen LogP contribution in [0, 0.1) is 0 Å². The van der Waals surface area contributed by atoms with Crippen LogP contribution in [0.25, 0.3) is 0 Å². The molecule has 2 N–H and O–H groups in total. The second-order valence-electron chi connectivity index (χ2n) is 3.95. The van der Waals surface area contributed by atoms with Crippen molar-refractivity contribution in [2.45, 2.75) is 13.0 Å². The summed E-state index contributed by atoms with van der Waals surface area (Å²) in [6, 6.07) is 1.26. The Hall–Kier alpha value is -1.44. The summed E-state index contributed by atoms with van der Waals surface area (Å²) in [5.74, 6) is -0.625. The molecule has 1 unspecified atom stereocenters. The zero-order valence-corrected chi connectivity index (χ0v) is 11.4. The van der Waals surface area contributed by atoms with Crippen molar-refractivity contribution in [3.63, 3.8) is 0 Å². The number of ether oxygens (including phenoxy) is 2. The normalized spacial score (nSPS) is 18.9. The van der Waals surface area contributed by atoms with Gasteiger partial charge in [-0.2, -0.15) is 0 Å². The standard InChI is InChI=1S/C12H16N2O4S/c1-2-18-12(16)8-3-6-19-11(8)14-10(15)9-7-17-5-4-13-9/h3,6,9,13H,2,4-5,7H2,1H3,(H,14,15). The van der Waals surface area contributed by atoms with E-state index >= 15 is 0 Å². The first kappa shape index (κ1) is 14.0. The minimum absolute atomic E-state index is 0.201. The van der Waals surface area contributed by atoms with E-state index in [9.17, 15) is 9.59 Å². The molecular weight excluding hydrogens is 268 g/mol. The Morgan fingerprint density at radius 1 is 1.63 bits per heavy atom. The molecule has 1 saturated heterocycles. The Morgan fingerprint density at radius 3 is 3.16 bits per heavy atom. The zero-order chi connectivity index (χ0) is 13.7. The van der Waals surface area contributed by atoms with Crippen molar-refractivity contribution in [2.75, 3.05) is 31.7 Å². The lowest BCUT2D eigenvalue weighted by atomic mass is 10.2. The van der Waals surface area contributed by atoms with Crippen LogP contribution in [0.1, 0.15) is 17.3 Å².